The van der Waals surface area contributed by atoms with Crippen molar-refractivity contribution in [1.82, 2.24) is 10.2 Å². The number of carboxylic acids is 1. The van der Waals surface area contributed by atoms with Crippen LogP contribution in [0.3, 0.4) is 0 Å². The molecule has 2 aromatic rings. The van der Waals surface area contributed by atoms with Gasteiger partial charge in [-0.2, -0.15) is 0 Å². The van der Waals surface area contributed by atoms with Crippen LogP contribution in [0.4, 0.5) is 4.79 Å². The van der Waals surface area contributed by atoms with Crippen molar-refractivity contribution in [3.63, 3.8) is 0 Å². The van der Waals surface area contributed by atoms with Gasteiger partial charge in [-0.05, 0) is 47.4 Å². The van der Waals surface area contributed by atoms with Gasteiger partial charge in [-0.15, -0.1) is 0 Å². The Hall–Kier alpha value is -3.61. The summed E-state index contributed by atoms with van der Waals surface area (Å²) >= 11 is 0. The van der Waals surface area contributed by atoms with Crippen molar-refractivity contribution in [3.8, 4) is 11.1 Å². The van der Waals surface area contributed by atoms with E-state index in [4.69, 9.17) is 9.84 Å². The molecule has 1 fully saturated rings. The van der Waals surface area contributed by atoms with Crippen molar-refractivity contribution < 1.29 is 24.2 Å². The molecule has 5 rings (SSSR count). The molecule has 2 N–H and O–H groups in total. The van der Waals surface area contributed by atoms with Gasteiger partial charge in [0.25, 0.3) is 0 Å². The first kappa shape index (κ1) is 23.1. The standard InChI is InChI=1S/C28H30N2O5/c31-26(30-14-12-18(13-15-30)27(32)33)16-19-6-5-11-25(19)29-28(34)35-17-24-22-9-3-1-7-20(22)21-8-2-4-10-23(21)24/h1-4,7-10,12,19,24-25H,5-6,11,13-17H2,(H,29,34)(H,32,33). The molecule has 7 heteroatoms. The summed E-state index contributed by atoms with van der Waals surface area (Å²) in [5.74, 6) is -0.832. The minimum absolute atomic E-state index is 0.0110. The van der Waals surface area contributed by atoms with Gasteiger partial charge in [0, 0.05) is 37.0 Å². The molecule has 2 amide bonds. The first-order valence-corrected chi connectivity index (χ1v) is 12.3. The van der Waals surface area contributed by atoms with Crippen molar-refractivity contribution in [3.05, 3.63) is 71.3 Å². The third kappa shape index (κ3) is 4.81. The third-order valence-electron chi connectivity index (χ3n) is 7.58. The summed E-state index contributed by atoms with van der Waals surface area (Å²) in [5.41, 5.74) is 5.09. The topological polar surface area (TPSA) is 95.9 Å². The summed E-state index contributed by atoms with van der Waals surface area (Å²) < 4.78 is 5.70. The summed E-state index contributed by atoms with van der Waals surface area (Å²) in [6, 6.07) is 16.4. The molecule has 0 aromatic heterocycles. The van der Waals surface area contributed by atoms with Crippen LogP contribution in [0.25, 0.3) is 11.1 Å². The third-order valence-corrected chi connectivity index (χ3v) is 7.58. The van der Waals surface area contributed by atoms with Crippen molar-refractivity contribution in [2.75, 3.05) is 19.7 Å². The fraction of sp³-hybridized carbons (Fsp3) is 0.393. The molecule has 0 radical (unpaired) electrons. The van der Waals surface area contributed by atoms with E-state index >= 15 is 0 Å². The molecule has 1 heterocycles. The number of fused-ring (bicyclic) bond motifs is 3. The highest BCUT2D eigenvalue weighted by atomic mass is 16.5. The van der Waals surface area contributed by atoms with Gasteiger partial charge in [0.2, 0.25) is 5.91 Å². The van der Waals surface area contributed by atoms with Crippen molar-refractivity contribution in [1.29, 1.82) is 0 Å². The molecule has 0 spiro atoms. The van der Waals surface area contributed by atoms with Gasteiger partial charge in [0.15, 0.2) is 0 Å². The molecule has 3 aliphatic rings. The van der Waals surface area contributed by atoms with Crippen LogP contribution in [0.2, 0.25) is 0 Å². The monoisotopic (exact) mass is 474 g/mol. The molecule has 2 aliphatic carbocycles. The van der Waals surface area contributed by atoms with Gasteiger partial charge in [0.05, 0.1) is 0 Å². The van der Waals surface area contributed by atoms with Gasteiger partial charge in [-0.3, -0.25) is 4.79 Å². The molecule has 0 saturated heterocycles. The zero-order valence-corrected chi connectivity index (χ0v) is 19.6. The fourth-order valence-electron chi connectivity index (χ4n) is 5.71. The predicted octanol–water partition coefficient (Wildman–Crippen LogP) is 4.33. The summed E-state index contributed by atoms with van der Waals surface area (Å²) in [4.78, 5) is 38.3. The minimum Gasteiger partial charge on any atom is -0.478 e. The molecule has 182 valence electrons. The smallest absolute Gasteiger partial charge is 0.407 e. The van der Waals surface area contributed by atoms with E-state index in [9.17, 15) is 14.4 Å². The maximum atomic E-state index is 12.8. The molecule has 1 aliphatic heterocycles. The van der Waals surface area contributed by atoms with E-state index in [1.165, 1.54) is 22.3 Å². The number of carbonyl (C=O) groups excluding carboxylic acids is 2. The quantitative estimate of drug-likeness (QED) is 0.650. The lowest BCUT2D eigenvalue weighted by atomic mass is 9.98. The minimum atomic E-state index is -0.916. The summed E-state index contributed by atoms with van der Waals surface area (Å²) in [5, 5.41) is 12.1. The zero-order chi connectivity index (χ0) is 24.4. The van der Waals surface area contributed by atoms with Crippen LogP contribution >= 0.6 is 0 Å². The van der Waals surface area contributed by atoms with Crippen LogP contribution in [0.5, 0.6) is 0 Å². The average Bonchev–Trinajstić information content (AvgIpc) is 3.44. The molecule has 7 nitrogen and oxygen atoms in total. The molecule has 1 saturated carbocycles. The van der Waals surface area contributed by atoms with E-state index in [1.807, 2.05) is 24.3 Å². The van der Waals surface area contributed by atoms with Gasteiger partial charge < -0.3 is 20.1 Å². The van der Waals surface area contributed by atoms with E-state index in [0.29, 0.717) is 31.5 Å². The normalized spacial score (nSPS) is 21.1. The number of aliphatic carboxylic acids is 1. The van der Waals surface area contributed by atoms with E-state index < -0.39 is 12.1 Å². The van der Waals surface area contributed by atoms with E-state index in [0.717, 1.165) is 19.3 Å². The number of carbonyl (C=O) groups is 3. The van der Waals surface area contributed by atoms with Gasteiger partial charge in [-0.25, -0.2) is 9.59 Å². The molecular formula is C28H30N2O5. The number of ether oxygens (including phenoxy) is 1. The number of hydrogen-bond donors (Lipinski definition) is 2. The van der Waals surface area contributed by atoms with Gasteiger partial charge in [0.1, 0.15) is 6.61 Å². The number of nitrogens with one attached hydrogen (secondary N) is 1. The van der Waals surface area contributed by atoms with Crippen LogP contribution in [0.1, 0.15) is 49.1 Å². The number of benzene rings is 2. The molecule has 2 unspecified atom stereocenters. The van der Waals surface area contributed by atoms with Crippen molar-refractivity contribution >= 4 is 18.0 Å². The Balaban J connectivity index is 1.16. The lowest BCUT2D eigenvalue weighted by molar-refractivity contribution is -0.135. The average molecular weight is 475 g/mol. The SMILES string of the molecule is O=C(NC1CCCC1CC(=O)N1CC=C(C(=O)O)CC1)OCC1c2ccccc2-c2ccccc21. The molecule has 35 heavy (non-hydrogen) atoms. The Morgan fingerprint density at radius 1 is 1.00 bits per heavy atom. The van der Waals surface area contributed by atoms with Crippen LogP contribution in [0, 0.1) is 5.92 Å². The van der Waals surface area contributed by atoms with Crippen LogP contribution < -0.4 is 5.32 Å². The largest absolute Gasteiger partial charge is 0.478 e. The number of alkyl carbamates (subject to hydrolysis) is 1. The zero-order valence-electron chi connectivity index (χ0n) is 19.6. The number of nitrogens with zero attached hydrogens (tertiary/aromatic N) is 1. The highest BCUT2D eigenvalue weighted by Gasteiger charge is 2.33. The maximum absolute atomic E-state index is 12.8. The Morgan fingerprint density at radius 3 is 2.31 bits per heavy atom. The highest BCUT2D eigenvalue weighted by molar-refractivity contribution is 5.87. The number of amides is 2. The fourth-order valence-corrected chi connectivity index (χ4v) is 5.71. The second-order valence-electron chi connectivity index (χ2n) is 9.60. The summed E-state index contributed by atoms with van der Waals surface area (Å²) in [7, 11) is 0. The summed E-state index contributed by atoms with van der Waals surface area (Å²) in [6.07, 6.45) is 4.55. The number of carboxylic acid groups (broad SMARTS) is 1. The maximum Gasteiger partial charge on any atom is 0.407 e. The first-order valence-electron chi connectivity index (χ1n) is 12.3. The molecular weight excluding hydrogens is 444 g/mol. The lowest BCUT2D eigenvalue weighted by Gasteiger charge is -2.28. The highest BCUT2D eigenvalue weighted by Crippen LogP contribution is 2.44. The number of rotatable bonds is 6. The van der Waals surface area contributed by atoms with Crippen molar-refractivity contribution in [2.24, 2.45) is 5.92 Å². The van der Waals surface area contributed by atoms with Crippen LogP contribution in [0.15, 0.2) is 60.2 Å². The Labute approximate surface area is 204 Å². The number of hydrogen-bond acceptors (Lipinski definition) is 4. The first-order chi connectivity index (χ1) is 17.0. The van der Waals surface area contributed by atoms with E-state index in [-0.39, 0.29) is 30.4 Å². The van der Waals surface area contributed by atoms with E-state index in [2.05, 4.69) is 29.6 Å². The predicted molar refractivity (Wildman–Crippen MR) is 131 cm³/mol. The van der Waals surface area contributed by atoms with Crippen LogP contribution in [-0.2, 0) is 14.3 Å². The van der Waals surface area contributed by atoms with Crippen LogP contribution in [-0.4, -0.2) is 53.7 Å². The Morgan fingerprint density at radius 2 is 1.69 bits per heavy atom. The molecule has 2 aromatic carbocycles. The summed E-state index contributed by atoms with van der Waals surface area (Å²) in [6.45, 7) is 1.02. The Kier molecular flexibility index (Phi) is 6.57. The molecule has 0 bridgehead atoms. The van der Waals surface area contributed by atoms with Gasteiger partial charge in [-0.1, -0.05) is 61.0 Å². The lowest BCUT2D eigenvalue weighted by Crippen LogP contribution is -2.41. The second kappa shape index (κ2) is 9.94. The Bertz CT molecular complexity index is 1130. The second-order valence-corrected chi connectivity index (χ2v) is 9.60. The van der Waals surface area contributed by atoms with E-state index in [1.54, 1.807) is 11.0 Å². The molecule has 2 atom stereocenters. The van der Waals surface area contributed by atoms with Crippen molar-refractivity contribution in [2.45, 2.75) is 44.1 Å². The van der Waals surface area contributed by atoms with Gasteiger partial charge >= 0.3 is 12.1 Å².